The van der Waals surface area contributed by atoms with Crippen LogP contribution < -0.4 is 10.6 Å². The molecule has 0 fully saturated rings. The number of anilines is 3. The Morgan fingerprint density at radius 1 is 0.926 bits per heavy atom. The molecule has 1 aromatic heterocycles. The average Bonchev–Trinajstić information content (AvgIpc) is 2.61. The quantitative estimate of drug-likeness (QED) is 0.595. The SMILES string of the molecule is O=C(Nc1cccc(Cl)c1)c1cncc(Nc2cccc(C(F)(F)F)c2)c1. The fourth-order valence-corrected chi connectivity index (χ4v) is 2.53. The van der Waals surface area contributed by atoms with E-state index >= 15 is 0 Å². The lowest BCUT2D eigenvalue weighted by Gasteiger charge is -2.11. The Hall–Kier alpha value is -3.06. The molecule has 1 heterocycles. The Balaban J connectivity index is 1.77. The van der Waals surface area contributed by atoms with Gasteiger partial charge in [0.2, 0.25) is 0 Å². The molecule has 0 aliphatic rings. The molecule has 4 nitrogen and oxygen atoms in total. The van der Waals surface area contributed by atoms with Crippen LogP contribution in [0.2, 0.25) is 5.02 Å². The van der Waals surface area contributed by atoms with E-state index in [-0.39, 0.29) is 11.3 Å². The fraction of sp³-hybridized carbons (Fsp3) is 0.0526. The van der Waals surface area contributed by atoms with Crippen LogP contribution in [0.1, 0.15) is 15.9 Å². The van der Waals surface area contributed by atoms with Crippen molar-refractivity contribution >= 4 is 34.6 Å². The summed E-state index contributed by atoms with van der Waals surface area (Å²) in [6.07, 6.45) is -1.66. The number of alkyl halides is 3. The van der Waals surface area contributed by atoms with Crippen LogP contribution in [-0.2, 0) is 6.18 Å². The molecule has 3 aromatic rings. The molecule has 1 amide bonds. The fourth-order valence-electron chi connectivity index (χ4n) is 2.34. The summed E-state index contributed by atoms with van der Waals surface area (Å²) in [6.45, 7) is 0. The summed E-state index contributed by atoms with van der Waals surface area (Å²) in [5.41, 5.74) is 0.609. The standard InChI is InChI=1S/C19H13ClF3N3O/c20-14-4-2-6-16(9-14)26-18(27)12-7-17(11-24-10-12)25-15-5-1-3-13(8-15)19(21,22)23/h1-11,25H,(H,26,27). The number of amides is 1. The molecule has 2 aromatic carbocycles. The van der Waals surface area contributed by atoms with Gasteiger partial charge in [0, 0.05) is 22.6 Å². The summed E-state index contributed by atoms with van der Waals surface area (Å²) in [4.78, 5) is 16.3. The minimum absolute atomic E-state index is 0.235. The highest BCUT2D eigenvalue weighted by Gasteiger charge is 2.30. The Bertz CT molecular complexity index is 976. The molecule has 3 rings (SSSR count). The zero-order valence-corrected chi connectivity index (χ0v) is 14.5. The number of hydrogen-bond donors (Lipinski definition) is 2. The normalized spacial score (nSPS) is 11.1. The van der Waals surface area contributed by atoms with E-state index in [0.717, 1.165) is 12.1 Å². The van der Waals surface area contributed by atoms with Crippen molar-refractivity contribution < 1.29 is 18.0 Å². The molecule has 0 unspecified atom stereocenters. The highest BCUT2D eigenvalue weighted by molar-refractivity contribution is 6.31. The third kappa shape index (κ3) is 4.98. The number of carbonyl (C=O) groups excluding carboxylic acids is 1. The lowest BCUT2D eigenvalue weighted by atomic mass is 10.2. The van der Waals surface area contributed by atoms with Gasteiger partial charge in [-0.15, -0.1) is 0 Å². The summed E-state index contributed by atoms with van der Waals surface area (Å²) in [7, 11) is 0. The summed E-state index contributed by atoms with van der Waals surface area (Å²) in [6, 6.07) is 12.9. The Morgan fingerprint density at radius 3 is 2.41 bits per heavy atom. The van der Waals surface area contributed by atoms with Gasteiger partial charge in [0.25, 0.3) is 5.91 Å². The Kier molecular flexibility index (Phi) is 5.32. The van der Waals surface area contributed by atoms with Gasteiger partial charge in [-0.2, -0.15) is 13.2 Å². The lowest BCUT2D eigenvalue weighted by molar-refractivity contribution is -0.137. The second kappa shape index (κ2) is 7.67. The van der Waals surface area contributed by atoms with Gasteiger partial charge in [-0.1, -0.05) is 23.7 Å². The van der Waals surface area contributed by atoms with E-state index in [1.807, 2.05) is 0 Å². The maximum atomic E-state index is 12.8. The second-order valence-electron chi connectivity index (χ2n) is 5.63. The van der Waals surface area contributed by atoms with E-state index < -0.39 is 17.6 Å². The van der Waals surface area contributed by atoms with Crippen LogP contribution in [0.25, 0.3) is 0 Å². The van der Waals surface area contributed by atoms with Crippen molar-refractivity contribution in [2.75, 3.05) is 10.6 Å². The molecule has 0 aliphatic carbocycles. The lowest BCUT2D eigenvalue weighted by Crippen LogP contribution is -2.12. The molecule has 0 saturated carbocycles. The number of halogens is 4. The van der Waals surface area contributed by atoms with Gasteiger partial charge in [-0.3, -0.25) is 9.78 Å². The molecule has 0 atom stereocenters. The molecule has 0 bridgehead atoms. The van der Waals surface area contributed by atoms with Crippen LogP contribution in [0.15, 0.2) is 67.0 Å². The van der Waals surface area contributed by atoms with Gasteiger partial charge in [-0.05, 0) is 42.5 Å². The van der Waals surface area contributed by atoms with Crippen LogP contribution in [0.5, 0.6) is 0 Å². The molecule has 0 spiro atoms. The van der Waals surface area contributed by atoms with Crippen LogP contribution in [0.4, 0.5) is 30.2 Å². The number of benzene rings is 2. The monoisotopic (exact) mass is 391 g/mol. The third-order valence-electron chi connectivity index (χ3n) is 3.56. The van der Waals surface area contributed by atoms with E-state index in [1.54, 1.807) is 24.3 Å². The number of nitrogens with zero attached hydrogens (tertiary/aromatic N) is 1. The number of nitrogens with one attached hydrogen (secondary N) is 2. The molecule has 0 radical (unpaired) electrons. The van der Waals surface area contributed by atoms with Crippen molar-refractivity contribution in [3.63, 3.8) is 0 Å². The maximum absolute atomic E-state index is 12.8. The molecule has 27 heavy (non-hydrogen) atoms. The molecule has 8 heteroatoms. The summed E-state index contributed by atoms with van der Waals surface area (Å²) in [5.74, 6) is -0.419. The van der Waals surface area contributed by atoms with Crippen molar-refractivity contribution in [3.8, 4) is 0 Å². The van der Waals surface area contributed by atoms with Crippen LogP contribution in [-0.4, -0.2) is 10.9 Å². The number of rotatable bonds is 4. The van der Waals surface area contributed by atoms with Gasteiger partial charge in [0.15, 0.2) is 0 Å². The second-order valence-corrected chi connectivity index (χ2v) is 6.07. The van der Waals surface area contributed by atoms with Crippen LogP contribution in [0.3, 0.4) is 0 Å². The number of hydrogen-bond acceptors (Lipinski definition) is 3. The van der Waals surface area contributed by atoms with Crippen molar-refractivity contribution in [2.45, 2.75) is 6.18 Å². The Morgan fingerprint density at radius 2 is 1.67 bits per heavy atom. The summed E-state index contributed by atoms with van der Waals surface area (Å²) >= 11 is 5.88. The molecule has 2 N–H and O–H groups in total. The average molecular weight is 392 g/mol. The third-order valence-corrected chi connectivity index (χ3v) is 3.80. The van der Waals surface area contributed by atoms with Gasteiger partial charge >= 0.3 is 6.18 Å². The Labute approximate surface area is 158 Å². The molecule has 0 aliphatic heterocycles. The van der Waals surface area contributed by atoms with Crippen molar-refractivity contribution in [2.24, 2.45) is 0 Å². The topological polar surface area (TPSA) is 54.0 Å². The van der Waals surface area contributed by atoms with E-state index in [4.69, 9.17) is 11.6 Å². The van der Waals surface area contributed by atoms with Crippen LogP contribution in [0, 0.1) is 0 Å². The van der Waals surface area contributed by atoms with Crippen LogP contribution >= 0.6 is 11.6 Å². The van der Waals surface area contributed by atoms with Gasteiger partial charge < -0.3 is 10.6 Å². The van der Waals surface area contributed by atoms with E-state index in [1.165, 1.54) is 30.6 Å². The maximum Gasteiger partial charge on any atom is 0.416 e. The first-order valence-electron chi connectivity index (χ1n) is 7.77. The smallest absolute Gasteiger partial charge is 0.354 e. The molecule has 0 saturated heterocycles. The van der Waals surface area contributed by atoms with E-state index in [0.29, 0.717) is 16.4 Å². The summed E-state index contributed by atoms with van der Waals surface area (Å²) in [5, 5.41) is 5.98. The largest absolute Gasteiger partial charge is 0.416 e. The van der Waals surface area contributed by atoms with Crippen molar-refractivity contribution in [1.82, 2.24) is 4.98 Å². The first-order valence-corrected chi connectivity index (χ1v) is 8.15. The number of carbonyl (C=O) groups is 1. The van der Waals surface area contributed by atoms with E-state index in [2.05, 4.69) is 15.6 Å². The minimum Gasteiger partial charge on any atom is -0.354 e. The van der Waals surface area contributed by atoms with Crippen molar-refractivity contribution in [1.29, 1.82) is 0 Å². The predicted octanol–water partition coefficient (Wildman–Crippen LogP) is 5.75. The first-order chi connectivity index (χ1) is 12.8. The van der Waals surface area contributed by atoms with E-state index in [9.17, 15) is 18.0 Å². The van der Waals surface area contributed by atoms with Gasteiger partial charge in [-0.25, -0.2) is 0 Å². The first kappa shape index (κ1) is 18.7. The summed E-state index contributed by atoms with van der Waals surface area (Å²) < 4.78 is 38.4. The molecular formula is C19H13ClF3N3O. The highest BCUT2D eigenvalue weighted by Crippen LogP contribution is 2.31. The molecular weight excluding hydrogens is 379 g/mol. The predicted molar refractivity (Wildman–Crippen MR) is 98.4 cm³/mol. The minimum atomic E-state index is -4.44. The van der Waals surface area contributed by atoms with Gasteiger partial charge in [0.1, 0.15) is 0 Å². The van der Waals surface area contributed by atoms with Gasteiger partial charge in [0.05, 0.1) is 23.0 Å². The molecule has 138 valence electrons. The number of aromatic nitrogens is 1. The zero-order chi connectivity index (χ0) is 19.4. The zero-order valence-electron chi connectivity index (χ0n) is 13.7. The number of pyridine rings is 1. The van der Waals surface area contributed by atoms with Crippen molar-refractivity contribution in [3.05, 3.63) is 83.1 Å². The highest BCUT2D eigenvalue weighted by atomic mass is 35.5.